The smallest absolute Gasteiger partial charge is 0.211 e. The molecule has 0 fully saturated rings. The van der Waals surface area contributed by atoms with E-state index in [4.69, 9.17) is 0 Å². The van der Waals surface area contributed by atoms with Crippen molar-refractivity contribution in [2.75, 3.05) is 0 Å². The van der Waals surface area contributed by atoms with E-state index in [1.54, 1.807) is 27.7 Å². The predicted molar refractivity (Wildman–Crippen MR) is 90.1 cm³/mol. The molecule has 1 aromatic carbocycles. The summed E-state index contributed by atoms with van der Waals surface area (Å²) in [6.07, 6.45) is 6.82. The van der Waals surface area contributed by atoms with E-state index >= 15 is 0 Å². The van der Waals surface area contributed by atoms with Crippen molar-refractivity contribution in [3.05, 3.63) is 52.5 Å². The van der Waals surface area contributed by atoms with Crippen LogP contribution in [0, 0.1) is 6.92 Å². The molecule has 0 atom stereocenters. The lowest BCUT2D eigenvalue weighted by Gasteiger charge is -2.24. The number of aryl methyl sites for hydroxylation is 1. The molecule has 1 aliphatic rings. The first-order valence-electron chi connectivity index (χ1n) is 6.57. The van der Waals surface area contributed by atoms with Gasteiger partial charge in [0, 0.05) is 16.2 Å². The molecule has 6 heteroatoms. The zero-order valence-electron chi connectivity index (χ0n) is 12.2. The molecule has 0 aliphatic heterocycles. The molecule has 0 radical (unpaired) electrons. The molecule has 4 nitrogen and oxygen atoms in total. The van der Waals surface area contributed by atoms with Crippen LogP contribution in [0.3, 0.4) is 0 Å². The van der Waals surface area contributed by atoms with Crippen LogP contribution in [0.15, 0.2) is 61.8 Å². The second-order valence-corrected chi connectivity index (χ2v) is 7.10. The van der Waals surface area contributed by atoms with E-state index in [1.165, 1.54) is 22.6 Å². The highest BCUT2D eigenvalue weighted by molar-refractivity contribution is 8.78. The number of isocyanates is 2. The Morgan fingerprint density at radius 1 is 1.09 bits per heavy atom. The van der Waals surface area contributed by atoms with Gasteiger partial charge in [0.05, 0.1) is 0 Å². The van der Waals surface area contributed by atoms with Gasteiger partial charge in [0.25, 0.3) is 0 Å². The zero-order valence-corrected chi connectivity index (χ0v) is 13.8. The van der Waals surface area contributed by atoms with Gasteiger partial charge in [-0.1, -0.05) is 45.9 Å². The molecule has 0 spiro atoms. The Morgan fingerprint density at radius 2 is 1.77 bits per heavy atom. The fraction of sp³-hybridized carbons (Fsp3) is 0.250. The quantitative estimate of drug-likeness (QED) is 0.458. The van der Waals surface area contributed by atoms with Crippen LogP contribution in [-0.2, 0) is 9.59 Å². The molecule has 1 aromatic rings. The normalized spacial score (nSPS) is 20.3. The molecule has 0 N–H and O–H groups in total. The van der Waals surface area contributed by atoms with Gasteiger partial charge < -0.3 is 0 Å². The van der Waals surface area contributed by atoms with Gasteiger partial charge in [0.1, 0.15) is 0 Å². The third-order valence-corrected chi connectivity index (χ3v) is 6.05. The van der Waals surface area contributed by atoms with Crippen LogP contribution in [0.4, 0.5) is 0 Å². The van der Waals surface area contributed by atoms with E-state index < -0.39 is 5.66 Å². The minimum atomic E-state index is -1.20. The first kappa shape index (κ1) is 16.5. The highest BCUT2D eigenvalue weighted by Crippen LogP contribution is 2.45. The SMILES string of the molecule is CC1=C(SSc2ccccc2C)CC(N=C=O)(N=C=O)C=C1. The van der Waals surface area contributed by atoms with E-state index in [9.17, 15) is 9.59 Å². The Labute approximate surface area is 136 Å². The Bertz CT molecular complexity index is 709. The average molecular weight is 330 g/mol. The number of hydrogen-bond acceptors (Lipinski definition) is 6. The summed E-state index contributed by atoms with van der Waals surface area (Å²) in [4.78, 5) is 30.8. The van der Waals surface area contributed by atoms with Crippen LogP contribution >= 0.6 is 21.6 Å². The molecule has 0 bridgehead atoms. The predicted octanol–water partition coefficient (Wildman–Crippen LogP) is 4.34. The Kier molecular flexibility index (Phi) is 5.58. The molecule has 0 amide bonds. The largest absolute Gasteiger partial charge is 0.237 e. The molecule has 0 saturated carbocycles. The molecule has 0 unspecified atom stereocenters. The lowest BCUT2D eigenvalue weighted by atomic mass is 9.98. The van der Waals surface area contributed by atoms with Gasteiger partial charge in [-0.2, -0.15) is 9.98 Å². The summed E-state index contributed by atoms with van der Waals surface area (Å²) in [6, 6.07) is 8.11. The minimum absolute atomic E-state index is 0.364. The number of carbonyl (C=O) groups excluding carboxylic acids is 2. The van der Waals surface area contributed by atoms with E-state index in [-0.39, 0.29) is 0 Å². The molecular formula is C16H14N2O2S2. The summed E-state index contributed by atoms with van der Waals surface area (Å²) in [6.45, 7) is 4.04. The highest BCUT2D eigenvalue weighted by atomic mass is 33.1. The molecule has 0 aromatic heterocycles. The van der Waals surface area contributed by atoms with Crippen LogP contribution < -0.4 is 0 Å². The van der Waals surface area contributed by atoms with Crippen molar-refractivity contribution in [1.82, 2.24) is 0 Å². The molecule has 0 saturated heterocycles. The maximum atomic E-state index is 10.6. The van der Waals surface area contributed by atoms with Gasteiger partial charge in [0.2, 0.25) is 12.2 Å². The Balaban J connectivity index is 2.20. The molecule has 0 heterocycles. The van der Waals surface area contributed by atoms with Crippen molar-refractivity contribution in [3.63, 3.8) is 0 Å². The molecule has 22 heavy (non-hydrogen) atoms. The number of benzene rings is 1. The van der Waals surface area contributed by atoms with Gasteiger partial charge in [0.15, 0.2) is 5.66 Å². The fourth-order valence-corrected chi connectivity index (χ4v) is 4.66. The van der Waals surface area contributed by atoms with Gasteiger partial charge in [-0.05, 0) is 37.1 Å². The average Bonchev–Trinajstić information content (AvgIpc) is 2.50. The monoisotopic (exact) mass is 330 g/mol. The topological polar surface area (TPSA) is 58.9 Å². The van der Waals surface area contributed by atoms with E-state index in [1.807, 2.05) is 25.1 Å². The first-order valence-corrected chi connectivity index (χ1v) is 8.72. The standard InChI is InChI=1S/C16H14N2O2S2/c1-12-5-3-4-6-14(12)21-22-15-9-16(17-10-19,18-11-20)8-7-13(15)2/h3-8H,9H2,1-2H3. The van der Waals surface area contributed by atoms with Gasteiger partial charge >= 0.3 is 0 Å². The third kappa shape index (κ3) is 3.87. The minimum Gasteiger partial charge on any atom is -0.211 e. The van der Waals surface area contributed by atoms with Crippen LogP contribution in [0.5, 0.6) is 0 Å². The molecule has 1 aliphatic carbocycles. The van der Waals surface area contributed by atoms with Crippen LogP contribution in [0.25, 0.3) is 0 Å². The highest BCUT2D eigenvalue weighted by Gasteiger charge is 2.31. The number of allylic oxidation sites excluding steroid dienone is 2. The Morgan fingerprint density at radius 3 is 2.41 bits per heavy atom. The van der Waals surface area contributed by atoms with Crippen molar-refractivity contribution < 1.29 is 9.59 Å². The fourth-order valence-electron chi connectivity index (χ4n) is 1.96. The van der Waals surface area contributed by atoms with E-state index in [2.05, 4.69) is 29.0 Å². The van der Waals surface area contributed by atoms with E-state index in [0.29, 0.717) is 6.42 Å². The zero-order chi connectivity index (χ0) is 16.0. The second-order valence-electron chi connectivity index (χ2n) is 4.83. The number of aliphatic imine (C=N–C) groups is 2. The first-order chi connectivity index (χ1) is 10.6. The number of nitrogens with zero attached hydrogens (tertiary/aromatic N) is 2. The van der Waals surface area contributed by atoms with Crippen molar-refractivity contribution >= 4 is 33.7 Å². The van der Waals surface area contributed by atoms with Gasteiger partial charge in [-0.3, -0.25) is 0 Å². The summed E-state index contributed by atoms with van der Waals surface area (Å²) in [5.74, 6) is 0. The van der Waals surface area contributed by atoms with Gasteiger partial charge in [-0.15, -0.1) is 0 Å². The summed E-state index contributed by atoms with van der Waals surface area (Å²) >= 11 is 0. The van der Waals surface area contributed by atoms with E-state index in [0.717, 1.165) is 10.5 Å². The summed E-state index contributed by atoms with van der Waals surface area (Å²) in [5, 5.41) is 0. The lowest BCUT2D eigenvalue weighted by molar-refractivity contribution is 0.511. The number of hydrogen-bond donors (Lipinski definition) is 0. The lowest BCUT2D eigenvalue weighted by Crippen LogP contribution is -2.23. The van der Waals surface area contributed by atoms with Gasteiger partial charge in [-0.25, -0.2) is 9.59 Å². The third-order valence-electron chi connectivity index (χ3n) is 3.26. The van der Waals surface area contributed by atoms with Crippen LogP contribution in [0.1, 0.15) is 18.9 Å². The summed E-state index contributed by atoms with van der Waals surface area (Å²) in [7, 11) is 3.23. The molecule has 2 rings (SSSR count). The van der Waals surface area contributed by atoms with Crippen molar-refractivity contribution in [2.45, 2.75) is 30.8 Å². The number of rotatable bonds is 5. The molecule has 112 valence electrons. The second kappa shape index (κ2) is 7.43. The van der Waals surface area contributed by atoms with Crippen molar-refractivity contribution in [1.29, 1.82) is 0 Å². The maximum Gasteiger partial charge on any atom is 0.237 e. The van der Waals surface area contributed by atoms with Crippen molar-refractivity contribution in [2.24, 2.45) is 9.98 Å². The Hall–Kier alpha value is -1.84. The maximum absolute atomic E-state index is 10.6. The molecular weight excluding hydrogens is 316 g/mol. The summed E-state index contributed by atoms with van der Waals surface area (Å²) < 4.78 is 0. The van der Waals surface area contributed by atoms with Crippen LogP contribution in [0.2, 0.25) is 0 Å². The van der Waals surface area contributed by atoms with Crippen molar-refractivity contribution in [3.8, 4) is 0 Å². The van der Waals surface area contributed by atoms with Crippen LogP contribution in [-0.4, -0.2) is 17.8 Å². The summed E-state index contributed by atoms with van der Waals surface area (Å²) in [5.41, 5.74) is 1.08.